The highest BCUT2D eigenvalue weighted by atomic mass is 16.3. The van der Waals surface area contributed by atoms with Crippen molar-refractivity contribution in [2.45, 2.75) is 86.2 Å². The number of aliphatic hydroxyl groups excluding tert-OH is 1. The van der Waals surface area contributed by atoms with Gasteiger partial charge in [-0.1, -0.05) is 378 Å². The van der Waals surface area contributed by atoms with E-state index in [1.807, 2.05) is 37.1 Å². The molecule has 12 aromatic carbocycles. The molecule has 3 atom stereocenters. The molecule has 15 rings (SSSR count). The van der Waals surface area contributed by atoms with Crippen LogP contribution in [0.1, 0.15) is 111 Å². The summed E-state index contributed by atoms with van der Waals surface area (Å²) in [4.78, 5) is 17.0. The normalized spacial score (nSPS) is 12.5. The molecule has 0 aliphatic rings. The van der Waals surface area contributed by atoms with Crippen LogP contribution in [0, 0.1) is 0 Å². The summed E-state index contributed by atoms with van der Waals surface area (Å²) in [6, 6.07) is 128. The summed E-state index contributed by atoms with van der Waals surface area (Å²) in [6.45, 7) is 4.28. The zero-order valence-corrected chi connectivity index (χ0v) is 60.3. The third kappa shape index (κ3) is 15.6. The zero-order chi connectivity index (χ0) is 72.7. The fraction of sp³-hybridized carbons (Fsp3) is 0.156. The van der Waals surface area contributed by atoms with Gasteiger partial charge in [0.05, 0.1) is 48.1 Å². The fourth-order valence-electron chi connectivity index (χ4n) is 15.3. The molecular weight excluding hydrogens is 1300 g/mol. The lowest BCUT2D eigenvalue weighted by molar-refractivity contribution is 0.220. The molecule has 3 unspecified atom stereocenters. The molecule has 0 saturated heterocycles. The first-order valence-corrected chi connectivity index (χ1v) is 36.9. The Labute approximate surface area is 625 Å². The highest BCUT2D eigenvalue weighted by molar-refractivity contribution is 5.55. The smallest absolute Gasteiger partial charge is 0.121 e. The van der Waals surface area contributed by atoms with Crippen LogP contribution in [0.3, 0.4) is 0 Å². The first kappa shape index (κ1) is 72.5. The van der Waals surface area contributed by atoms with Gasteiger partial charge < -0.3 is 25.0 Å². The van der Waals surface area contributed by atoms with Crippen molar-refractivity contribution in [2.75, 3.05) is 6.61 Å². The van der Waals surface area contributed by atoms with Gasteiger partial charge in [0, 0.05) is 61.7 Å². The van der Waals surface area contributed by atoms with Crippen LogP contribution < -0.4 is 16.4 Å². The van der Waals surface area contributed by atoms with Gasteiger partial charge in [-0.15, -0.1) is 0 Å². The molecule has 0 amide bonds. The Morgan fingerprint density at radius 2 is 0.585 bits per heavy atom. The van der Waals surface area contributed by atoms with Crippen LogP contribution in [-0.2, 0) is 41.4 Å². The second kappa shape index (κ2) is 35.1. The molecule has 6 N–H and O–H groups in total. The minimum atomic E-state index is -0.707. The van der Waals surface area contributed by atoms with Crippen LogP contribution in [0.4, 0.5) is 0 Å². The van der Waals surface area contributed by atoms with E-state index in [9.17, 15) is 5.11 Å². The standard InChI is InChI=1S/C45H41N3.C44H39N3O.C7H13N3/c1-2-42(47-44(36-21-9-3-10-22-36,37-23-11-4-12-24-37)38-25-13-5-14-26-38)33-43-34-48(35-46-43)45(39-27-15-6-16-28-39,40-29-17-7-18-30-40)41-31-19-8-20-32-41;48-33-42(46-43(35-19-7-1-8-20-35,36-21-9-2-10-22-36)37-23-11-3-12-24-37)31-41-32-47(34-45-41)44(38-25-13-4-14-26-38,39-27-15-5-16-28-39)40-29-17-6-18-30-40;1-2-6(8)3-7-4-9-5-10-7/h3-32,34-35,42,47H,2,33H2,1H3;1-30,32,34,42,46,48H,31,33H2;4-6H,2-3,8H2,1H3,(H,9,10). The van der Waals surface area contributed by atoms with Crippen molar-refractivity contribution < 1.29 is 5.11 Å². The van der Waals surface area contributed by atoms with Gasteiger partial charge in [0.1, 0.15) is 11.1 Å². The number of nitrogens with two attached hydrogens (primary N) is 1. The number of benzene rings is 12. The van der Waals surface area contributed by atoms with Crippen LogP contribution >= 0.6 is 0 Å². The van der Waals surface area contributed by atoms with Gasteiger partial charge in [-0.25, -0.2) is 15.0 Å². The van der Waals surface area contributed by atoms with Crippen LogP contribution in [-0.4, -0.2) is 58.9 Å². The monoisotopic (exact) mass is 1390 g/mol. The summed E-state index contributed by atoms with van der Waals surface area (Å²) in [5, 5.41) is 19.2. The highest BCUT2D eigenvalue weighted by Crippen LogP contribution is 2.44. The summed E-state index contributed by atoms with van der Waals surface area (Å²) in [6.07, 6.45) is 16.0. The topological polar surface area (TPSA) is 135 Å². The molecule has 10 nitrogen and oxygen atoms in total. The van der Waals surface area contributed by atoms with Gasteiger partial charge in [-0.05, 0) is 79.6 Å². The largest absolute Gasteiger partial charge is 0.395 e. The summed E-state index contributed by atoms with van der Waals surface area (Å²) in [5.41, 5.74) is 20.2. The molecule has 0 aliphatic carbocycles. The highest BCUT2D eigenvalue weighted by Gasteiger charge is 2.43. The van der Waals surface area contributed by atoms with Crippen LogP contribution in [0.5, 0.6) is 0 Å². The van der Waals surface area contributed by atoms with Gasteiger partial charge in [-0.3, -0.25) is 10.6 Å². The summed E-state index contributed by atoms with van der Waals surface area (Å²) in [5.74, 6) is 0. The lowest BCUT2D eigenvalue weighted by atomic mass is 9.76. The Bertz CT molecular complexity index is 4290. The van der Waals surface area contributed by atoms with E-state index in [1.54, 1.807) is 6.33 Å². The van der Waals surface area contributed by atoms with E-state index in [0.29, 0.717) is 6.42 Å². The van der Waals surface area contributed by atoms with E-state index in [4.69, 9.17) is 15.7 Å². The maximum atomic E-state index is 11.0. The Balaban J connectivity index is 0.000000166. The molecule has 0 spiro atoms. The minimum absolute atomic E-state index is 0.0672. The number of aromatic amines is 1. The molecule has 528 valence electrons. The summed E-state index contributed by atoms with van der Waals surface area (Å²) in [7, 11) is 0. The van der Waals surface area contributed by atoms with Crippen molar-refractivity contribution in [3.05, 3.63) is 485 Å². The Kier molecular flexibility index (Phi) is 24.0. The molecule has 0 fully saturated rings. The minimum Gasteiger partial charge on any atom is -0.395 e. The third-order valence-electron chi connectivity index (χ3n) is 20.5. The number of hydrogen-bond donors (Lipinski definition) is 5. The van der Waals surface area contributed by atoms with Crippen molar-refractivity contribution in [1.82, 2.24) is 39.7 Å². The van der Waals surface area contributed by atoms with Crippen molar-refractivity contribution in [3.63, 3.8) is 0 Å². The fourth-order valence-corrected chi connectivity index (χ4v) is 15.3. The first-order chi connectivity index (χ1) is 52.3. The van der Waals surface area contributed by atoms with Crippen LogP contribution in [0.2, 0.25) is 0 Å². The second-order valence-corrected chi connectivity index (χ2v) is 27.0. The van der Waals surface area contributed by atoms with E-state index in [2.05, 4.69) is 402 Å². The molecule has 0 radical (unpaired) electrons. The maximum absolute atomic E-state index is 11.0. The maximum Gasteiger partial charge on any atom is 0.121 e. The van der Waals surface area contributed by atoms with Crippen molar-refractivity contribution >= 4 is 0 Å². The molecule has 3 aromatic heterocycles. The average molecular weight is 1390 g/mol. The predicted molar refractivity (Wildman–Crippen MR) is 431 cm³/mol. The molecule has 10 heteroatoms. The third-order valence-corrected chi connectivity index (χ3v) is 20.5. The number of aliphatic hydroxyl groups is 1. The SMILES string of the molecule is CCC(Cc1cn(C(c2ccccc2)(c2ccccc2)c2ccccc2)cn1)NC(c1ccccc1)(c1ccccc1)c1ccccc1.CCC(N)Cc1cnc[nH]1.OCC(Cc1cn(C(c2ccccc2)(c2ccccc2)c2ccccc2)cn1)NC(c1ccccc1)(c1ccccc1)c1ccccc1. The van der Waals surface area contributed by atoms with E-state index in [1.165, 1.54) is 33.4 Å². The molecule has 0 saturated carbocycles. The quantitative estimate of drug-likeness (QED) is 0.0324. The lowest BCUT2D eigenvalue weighted by Crippen LogP contribution is -2.51. The van der Waals surface area contributed by atoms with E-state index in [0.717, 1.165) is 76.1 Å². The Morgan fingerprint density at radius 1 is 0.340 bits per heavy atom. The number of nitrogens with zero attached hydrogens (tertiary/aromatic N) is 5. The van der Waals surface area contributed by atoms with Gasteiger partial charge in [0.25, 0.3) is 0 Å². The van der Waals surface area contributed by atoms with Crippen LogP contribution in [0.25, 0.3) is 0 Å². The number of imidazole rings is 3. The Morgan fingerprint density at radius 3 is 0.811 bits per heavy atom. The number of H-pyrrole nitrogens is 1. The Hall–Kier alpha value is -11.9. The second-order valence-electron chi connectivity index (χ2n) is 27.0. The van der Waals surface area contributed by atoms with E-state index in [-0.39, 0.29) is 24.7 Å². The molecular formula is C96H93N9O. The van der Waals surface area contributed by atoms with Crippen LogP contribution in [0.15, 0.2) is 402 Å². The molecule has 106 heavy (non-hydrogen) atoms. The lowest BCUT2D eigenvalue weighted by Gasteiger charge is -2.40. The summed E-state index contributed by atoms with van der Waals surface area (Å²) >= 11 is 0. The number of nitrogens with one attached hydrogen (secondary N) is 3. The first-order valence-electron chi connectivity index (χ1n) is 36.9. The molecule has 15 aromatic rings. The molecule has 0 bridgehead atoms. The van der Waals surface area contributed by atoms with E-state index >= 15 is 0 Å². The number of rotatable bonds is 27. The van der Waals surface area contributed by atoms with Crippen molar-refractivity contribution in [3.8, 4) is 0 Å². The molecule has 3 heterocycles. The van der Waals surface area contributed by atoms with E-state index < -0.39 is 22.2 Å². The number of aromatic nitrogens is 6. The predicted octanol–water partition coefficient (Wildman–Crippen LogP) is 18.5. The van der Waals surface area contributed by atoms with Gasteiger partial charge in [0.2, 0.25) is 0 Å². The number of hydrogen-bond acceptors (Lipinski definition) is 7. The van der Waals surface area contributed by atoms with Crippen molar-refractivity contribution in [1.29, 1.82) is 0 Å². The van der Waals surface area contributed by atoms with Gasteiger partial charge in [-0.2, -0.15) is 0 Å². The van der Waals surface area contributed by atoms with Gasteiger partial charge >= 0.3 is 0 Å². The zero-order valence-electron chi connectivity index (χ0n) is 60.3. The molecule has 0 aliphatic heterocycles. The van der Waals surface area contributed by atoms with Crippen molar-refractivity contribution in [2.24, 2.45) is 5.73 Å². The average Bonchev–Trinajstić information content (AvgIpc) is 1.33. The van der Waals surface area contributed by atoms with Gasteiger partial charge in [0.15, 0.2) is 0 Å². The summed E-state index contributed by atoms with van der Waals surface area (Å²) < 4.78 is 4.55.